The van der Waals surface area contributed by atoms with Crippen molar-refractivity contribution < 1.29 is 14.4 Å². The fourth-order valence-corrected chi connectivity index (χ4v) is 2.77. The molecule has 0 saturated carbocycles. The van der Waals surface area contributed by atoms with Gasteiger partial charge in [-0.1, -0.05) is 36.4 Å². The molecule has 28 heavy (non-hydrogen) atoms. The Morgan fingerprint density at radius 3 is 0.929 bits per heavy atom. The van der Waals surface area contributed by atoms with Gasteiger partial charge in [0.1, 0.15) is 0 Å². The predicted molar refractivity (Wildman–Crippen MR) is 103 cm³/mol. The molecular weight excluding hydrogens is 354 g/mol. The molecule has 0 aliphatic heterocycles. The van der Waals surface area contributed by atoms with Crippen LogP contribution in [-0.2, 0) is 14.4 Å². The first-order valence-corrected chi connectivity index (χ1v) is 8.17. The van der Waals surface area contributed by atoms with E-state index in [1.807, 2.05) is 36.4 Å². The van der Waals surface area contributed by atoms with Crippen LogP contribution in [0.15, 0.2) is 87.8 Å². The van der Waals surface area contributed by atoms with Gasteiger partial charge < -0.3 is 0 Å². The standard InChI is InChI=1S/C22H12N3O3/c26-13-23-19-7-1-16(2-8-19)22(17-3-9-20(10-4-17)24-14-27)18-5-11-21(12-6-18)25-15-28/h1-12H. The molecule has 3 aromatic rings. The zero-order valence-electron chi connectivity index (χ0n) is 14.5. The number of hydrogen-bond donors (Lipinski definition) is 0. The summed E-state index contributed by atoms with van der Waals surface area (Å²) >= 11 is 0. The van der Waals surface area contributed by atoms with Gasteiger partial charge in [-0.25, -0.2) is 14.4 Å². The van der Waals surface area contributed by atoms with Gasteiger partial charge in [0.2, 0.25) is 18.2 Å². The summed E-state index contributed by atoms with van der Waals surface area (Å²) in [5, 5.41) is 0. The Hall–Kier alpha value is -4.20. The lowest BCUT2D eigenvalue weighted by Crippen LogP contribution is -2.04. The van der Waals surface area contributed by atoms with E-state index in [1.54, 1.807) is 36.4 Å². The van der Waals surface area contributed by atoms with E-state index in [-0.39, 0.29) is 0 Å². The van der Waals surface area contributed by atoms with Gasteiger partial charge >= 0.3 is 0 Å². The average Bonchev–Trinajstić information content (AvgIpc) is 2.73. The Morgan fingerprint density at radius 2 is 0.714 bits per heavy atom. The highest BCUT2D eigenvalue weighted by Gasteiger charge is 2.18. The molecule has 6 nitrogen and oxygen atoms in total. The van der Waals surface area contributed by atoms with Crippen molar-refractivity contribution in [1.29, 1.82) is 0 Å². The summed E-state index contributed by atoms with van der Waals surface area (Å²) in [7, 11) is 0. The van der Waals surface area contributed by atoms with Crippen molar-refractivity contribution in [2.24, 2.45) is 15.0 Å². The highest BCUT2D eigenvalue weighted by atomic mass is 16.1. The molecule has 0 spiro atoms. The topological polar surface area (TPSA) is 88.3 Å². The van der Waals surface area contributed by atoms with Crippen LogP contribution in [-0.4, -0.2) is 18.2 Å². The van der Waals surface area contributed by atoms with Crippen molar-refractivity contribution in [2.45, 2.75) is 0 Å². The molecule has 3 rings (SSSR count). The second-order valence-corrected chi connectivity index (χ2v) is 5.62. The first-order valence-electron chi connectivity index (χ1n) is 8.17. The van der Waals surface area contributed by atoms with Crippen molar-refractivity contribution >= 4 is 35.3 Å². The lowest BCUT2D eigenvalue weighted by molar-refractivity contribution is 0.564. The quantitative estimate of drug-likeness (QED) is 0.362. The minimum absolute atomic E-state index is 0.504. The molecule has 3 aromatic carbocycles. The van der Waals surface area contributed by atoms with E-state index >= 15 is 0 Å². The van der Waals surface area contributed by atoms with E-state index in [2.05, 4.69) is 15.0 Å². The van der Waals surface area contributed by atoms with E-state index in [0.29, 0.717) is 17.1 Å². The molecule has 0 saturated heterocycles. The Kier molecular flexibility index (Phi) is 5.94. The van der Waals surface area contributed by atoms with Gasteiger partial charge in [0.25, 0.3) is 0 Å². The second kappa shape index (κ2) is 8.95. The molecule has 0 aliphatic carbocycles. The lowest BCUT2D eigenvalue weighted by Gasteiger charge is -2.18. The molecule has 6 heteroatoms. The van der Waals surface area contributed by atoms with E-state index < -0.39 is 0 Å². The van der Waals surface area contributed by atoms with Crippen molar-refractivity contribution in [1.82, 2.24) is 0 Å². The molecule has 0 N–H and O–H groups in total. The molecule has 0 unspecified atom stereocenters. The molecule has 0 aliphatic rings. The van der Waals surface area contributed by atoms with Crippen molar-refractivity contribution in [3.63, 3.8) is 0 Å². The monoisotopic (exact) mass is 366 g/mol. The number of nitrogens with zero attached hydrogens (tertiary/aromatic N) is 3. The Labute approximate surface area is 160 Å². The summed E-state index contributed by atoms with van der Waals surface area (Å²) in [6, 6.07) is 21.4. The number of rotatable bonds is 6. The Bertz CT molecular complexity index is 955. The minimum atomic E-state index is 0.504. The molecule has 133 valence electrons. The van der Waals surface area contributed by atoms with Crippen LogP contribution in [0.3, 0.4) is 0 Å². The van der Waals surface area contributed by atoms with Gasteiger partial charge in [-0.15, -0.1) is 0 Å². The molecule has 0 aromatic heterocycles. The maximum Gasteiger partial charge on any atom is 0.240 e. The number of aliphatic imine (C=N–C) groups is 3. The fourth-order valence-electron chi connectivity index (χ4n) is 2.77. The summed E-state index contributed by atoms with van der Waals surface area (Å²) < 4.78 is 0. The van der Waals surface area contributed by atoms with Crippen LogP contribution in [0.25, 0.3) is 0 Å². The van der Waals surface area contributed by atoms with Crippen LogP contribution in [0.1, 0.15) is 16.7 Å². The molecule has 0 heterocycles. The first-order chi connectivity index (χ1) is 13.7. The van der Waals surface area contributed by atoms with Crippen LogP contribution in [0.4, 0.5) is 17.1 Å². The molecule has 0 atom stereocenters. The van der Waals surface area contributed by atoms with Crippen LogP contribution >= 0.6 is 0 Å². The van der Waals surface area contributed by atoms with Crippen LogP contribution in [0, 0.1) is 5.92 Å². The summed E-state index contributed by atoms with van der Waals surface area (Å²) in [5.41, 5.74) is 4.19. The van der Waals surface area contributed by atoms with Crippen LogP contribution < -0.4 is 0 Å². The fraction of sp³-hybridized carbons (Fsp3) is 0. The molecular formula is C22H12N3O3. The van der Waals surface area contributed by atoms with Gasteiger partial charge in [0.15, 0.2) is 0 Å². The maximum absolute atomic E-state index is 10.4. The number of isocyanates is 3. The minimum Gasteiger partial charge on any atom is -0.211 e. The maximum atomic E-state index is 10.4. The first kappa shape index (κ1) is 18.6. The molecule has 0 fully saturated rings. The predicted octanol–water partition coefficient (Wildman–Crippen LogP) is 4.61. The van der Waals surface area contributed by atoms with Gasteiger partial charge in [-0.3, -0.25) is 0 Å². The summed E-state index contributed by atoms with van der Waals surface area (Å²) in [4.78, 5) is 42.1. The SMILES string of the molecule is O=C=Nc1ccc([C](c2ccc(N=C=O)cc2)c2ccc(N=C=O)cc2)cc1. The zero-order chi connectivity index (χ0) is 19.8. The summed E-state index contributed by atoms with van der Waals surface area (Å²) in [6.45, 7) is 0. The largest absolute Gasteiger partial charge is 0.240 e. The van der Waals surface area contributed by atoms with Gasteiger partial charge in [-0.2, -0.15) is 15.0 Å². The summed E-state index contributed by atoms with van der Waals surface area (Å²) in [6.07, 6.45) is 4.55. The number of carbonyl (C=O) groups excluding carboxylic acids is 3. The number of hydrogen-bond acceptors (Lipinski definition) is 6. The van der Waals surface area contributed by atoms with E-state index in [1.165, 1.54) is 18.2 Å². The molecule has 0 amide bonds. The Morgan fingerprint density at radius 1 is 0.464 bits per heavy atom. The van der Waals surface area contributed by atoms with E-state index in [0.717, 1.165) is 22.6 Å². The lowest BCUT2D eigenvalue weighted by atomic mass is 9.85. The van der Waals surface area contributed by atoms with Crippen molar-refractivity contribution in [2.75, 3.05) is 0 Å². The van der Waals surface area contributed by atoms with Gasteiger partial charge in [0, 0.05) is 0 Å². The average molecular weight is 366 g/mol. The molecule has 0 bridgehead atoms. The number of benzene rings is 3. The normalized spacial score (nSPS) is 9.75. The Balaban J connectivity index is 2.07. The van der Waals surface area contributed by atoms with Crippen LogP contribution in [0.2, 0.25) is 0 Å². The van der Waals surface area contributed by atoms with Crippen LogP contribution in [0.5, 0.6) is 0 Å². The van der Waals surface area contributed by atoms with E-state index in [4.69, 9.17) is 0 Å². The third-order valence-electron chi connectivity index (χ3n) is 3.99. The second-order valence-electron chi connectivity index (χ2n) is 5.62. The molecule has 1 radical (unpaired) electrons. The summed E-state index contributed by atoms with van der Waals surface area (Å²) in [5.74, 6) is 0.907. The highest BCUT2D eigenvalue weighted by molar-refractivity contribution is 5.63. The third kappa shape index (κ3) is 4.31. The smallest absolute Gasteiger partial charge is 0.211 e. The van der Waals surface area contributed by atoms with Crippen molar-refractivity contribution in [3.8, 4) is 0 Å². The van der Waals surface area contributed by atoms with E-state index in [9.17, 15) is 14.4 Å². The third-order valence-corrected chi connectivity index (χ3v) is 3.99. The van der Waals surface area contributed by atoms with Gasteiger partial charge in [-0.05, 0) is 53.1 Å². The zero-order valence-corrected chi connectivity index (χ0v) is 14.5. The van der Waals surface area contributed by atoms with Crippen molar-refractivity contribution in [3.05, 3.63) is 95.4 Å². The van der Waals surface area contributed by atoms with Gasteiger partial charge in [0.05, 0.1) is 23.0 Å². The highest BCUT2D eigenvalue weighted by Crippen LogP contribution is 2.33.